The Morgan fingerprint density at radius 3 is 2.40 bits per heavy atom. The van der Waals surface area contributed by atoms with E-state index in [1.54, 1.807) is 24.1 Å². The Balaban J connectivity index is 3.17. The second-order valence-electron chi connectivity index (χ2n) is 5.43. The van der Waals surface area contributed by atoms with E-state index in [1.165, 1.54) is 0 Å². The van der Waals surface area contributed by atoms with E-state index in [4.69, 9.17) is 10.9 Å². The average molecular weight is 277 g/mol. The molecule has 0 fully saturated rings. The van der Waals surface area contributed by atoms with Crippen LogP contribution in [0.1, 0.15) is 38.7 Å². The zero-order valence-corrected chi connectivity index (χ0v) is 12.5. The Hall–Kier alpha value is -2.04. The monoisotopic (exact) mass is 277 g/mol. The summed E-state index contributed by atoms with van der Waals surface area (Å²) in [5.41, 5.74) is 6.15. The van der Waals surface area contributed by atoms with E-state index in [9.17, 15) is 4.79 Å². The van der Waals surface area contributed by atoms with Crippen molar-refractivity contribution in [2.24, 2.45) is 10.9 Å². The maximum absolute atomic E-state index is 12.7. The van der Waals surface area contributed by atoms with E-state index in [1.807, 2.05) is 39.0 Å². The molecule has 0 aliphatic heterocycles. The normalized spacial score (nSPS) is 13.9. The van der Waals surface area contributed by atoms with Gasteiger partial charge < -0.3 is 15.8 Å². The van der Waals surface area contributed by atoms with E-state index >= 15 is 0 Å². The first-order chi connectivity index (χ1) is 9.35. The van der Waals surface area contributed by atoms with Crippen LogP contribution in [0.15, 0.2) is 35.5 Å². The summed E-state index contributed by atoms with van der Waals surface area (Å²) in [7, 11) is 1.74. The molecule has 1 aromatic carbocycles. The molecule has 0 heterocycles. The SMILES string of the molecule is CCC(C)(C)N(C)C(=O)C(C(N)=NO)c1ccccc1. The Bertz CT molecular complexity index is 483. The van der Waals surface area contributed by atoms with Crippen LogP contribution in [0, 0.1) is 0 Å². The fraction of sp³-hybridized carbons (Fsp3) is 0.467. The first-order valence-electron chi connectivity index (χ1n) is 6.65. The van der Waals surface area contributed by atoms with Crippen LogP contribution in [0.5, 0.6) is 0 Å². The Labute approximate surface area is 120 Å². The number of oxime groups is 1. The lowest BCUT2D eigenvalue weighted by Gasteiger charge is -2.37. The van der Waals surface area contributed by atoms with Gasteiger partial charge in [-0.3, -0.25) is 4.79 Å². The molecule has 1 aromatic rings. The number of carbonyl (C=O) groups is 1. The van der Waals surface area contributed by atoms with Crippen molar-refractivity contribution in [1.29, 1.82) is 0 Å². The van der Waals surface area contributed by atoms with Gasteiger partial charge in [0.05, 0.1) is 0 Å². The van der Waals surface area contributed by atoms with E-state index in [-0.39, 0.29) is 17.3 Å². The smallest absolute Gasteiger partial charge is 0.238 e. The summed E-state index contributed by atoms with van der Waals surface area (Å²) in [4.78, 5) is 14.4. The number of nitrogens with two attached hydrogens (primary N) is 1. The number of nitrogens with zero attached hydrogens (tertiary/aromatic N) is 2. The molecule has 3 N–H and O–H groups in total. The minimum Gasteiger partial charge on any atom is -0.409 e. The molecule has 1 amide bonds. The van der Waals surface area contributed by atoms with E-state index in [0.717, 1.165) is 6.42 Å². The Kier molecular flexibility index (Phi) is 5.13. The lowest BCUT2D eigenvalue weighted by molar-refractivity contribution is -0.134. The third-order valence-corrected chi connectivity index (χ3v) is 3.89. The molecule has 0 saturated heterocycles. The van der Waals surface area contributed by atoms with E-state index < -0.39 is 5.92 Å². The summed E-state index contributed by atoms with van der Waals surface area (Å²) in [5.74, 6) is -1.05. The van der Waals surface area contributed by atoms with Crippen molar-refractivity contribution in [3.8, 4) is 0 Å². The quantitative estimate of drug-likeness (QED) is 0.374. The third-order valence-electron chi connectivity index (χ3n) is 3.89. The van der Waals surface area contributed by atoms with Gasteiger partial charge in [0, 0.05) is 12.6 Å². The molecule has 0 radical (unpaired) electrons. The molecule has 1 rings (SSSR count). The van der Waals surface area contributed by atoms with Crippen LogP contribution >= 0.6 is 0 Å². The topological polar surface area (TPSA) is 78.9 Å². The van der Waals surface area contributed by atoms with Crippen molar-refractivity contribution in [1.82, 2.24) is 4.90 Å². The molecular formula is C15H23N3O2. The van der Waals surface area contributed by atoms with Crippen molar-refractivity contribution < 1.29 is 10.0 Å². The summed E-state index contributed by atoms with van der Waals surface area (Å²) in [6, 6.07) is 9.11. The predicted octanol–water partition coefficient (Wildman–Crippen LogP) is 2.16. The van der Waals surface area contributed by atoms with Crippen LogP contribution in [-0.4, -0.2) is 34.4 Å². The van der Waals surface area contributed by atoms with Crippen LogP contribution in [-0.2, 0) is 4.79 Å². The molecule has 1 atom stereocenters. The standard InChI is InChI=1S/C15H23N3O2/c1-5-15(2,3)18(4)14(19)12(13(16)17-20)11-9-7-6-8-10-11/h6-10,12,20H,5H2,1-4H3,(H2,16,17). The summed E-state index contributed by atoms with van der Waals surface area (Å²) >= 11 is 0. The maximum Gasteiger partial charge on any atom is 0.238 e. The van der Waals surface area contributed by atoms with Gasteiger partial charge in [0.2, 0.25) is 5.91 Å². The maximum atomic E-state index is 12.7. The van der Waals surface area contributed by atoms with Gasteiger partial charge in [-0.25, -0.2) is 0 Å². The Morgan fingerprint density at radius 1 is 1.40 bits per heavy atom. The van der Waals surface area contributed by atoms with Crippen molar-refractivity contribution in [2.45, 2.75) is 38.6 Å². The molecule has 1 unspecified atom stereocenters. The first-order valence-corrected chi connectivity index (χ1v) is 6.65. The van der Waals surface area contributed by atoms with E-state index in [2.05, 4.69) is 5.16 Å². The molecule has 5 heteroatoms. The lowest BCUT2D eigenvalue weighted by Crippen LogP contribution is -2.48. The van der Waals surface area contributed by atoms with Crippen molar-refractivity contribution in [3.05, 3.63) is 35.9 Å². The molecular weight excluding hydrogens is 254 g/mol. The van der Waals surface area contributed by atoms with Crippen LogP contribution in [0.25, 0.3) is 0 Å². The summed E-state index contributed by atoms with van der Waals surface area (Å²) < 4.78 is 0. The molecule has 0 bridgehead atoms. The minimum absolute atomic E-state index is 0.0973. The molecule has 5 nitrogen and oxygen atoms in total. The molecule has 0 spiro atoms. The molecule has 0 saturated carbocycles. The van der Waals surface area contributed by atoms with Crippen molar-refractivity contribution >= 4 is 11.7 Å². The summed E-state index contributed by atoms with van der Waals surface area (Å²) in [6.45, 7) is 5.99. The average Bonchev–Trinajstić information content (AvgIpc) is 2.47. The lowest BCUT2D eigenvalue weighted by atomic mass is 9.92. The molecule has 0 aliphatic carbocycles. The highest BCUT2D eigenvalue weighted by Crippen LogP contribution is 2.24. The number of benzene rings is 1. The van der Waals surface area contributed by atoms with Gasteiger partial charge in [-0.1, -0.05) is 42.4 Å². The van der Waals surface area contributed by atoms with Gasteiger partial charge in [-0.2, -0.15) is 0 Å². The summed E-state index contributed by atoms with van der Waals surface area (Å²) in [6.07, 6.45) is 0.812. The molecule has 0 aliphatic rings. The highest BCUT2D eigenvalue weighted by molar-refractivity contribution is 6.07. The Morgan fingerprint density at radius 2 is 1.95 bits per heavy atom. The van der Waals surface area contributed by atoms with Crippen LogP contribution < -0.4 is 5.73 Å². The van der Waals surface area contributed by atoms with Gasteiger partial charge in [0.1, 0.15) is 5.92 Å². The predicted molar refractivity (Wildman–Crippen MR) is 79.7 cm³/mol. The number of likely N-dealkylation sites (N-methyl/N-ethyl adjacent to an activating group) is 1. The highest BCUT2D eigenvalue weighted by atomic mass is 16.4. The van der Waals surface area contributed by atoms with Gasteiger partial charge in [0.25, 0.3) is 0 Å². The zero-order chi connectivity index (χ0) is 15.3. The number of hydrogen-bond acceptors (Lipinski definition) is 3. The number of hydrogen-bond donors (Lipinski definition) is 2. The van der Waals surface area contributed by atoms with Crippen LogP contribution in [0.3, 0.4) is 0 Å². The van der Waals surface area contributed by atoms with Gasteiger partial charge in [0.15, 0.2) is 5.84 Å². The minimum atomic E-state index is -0.767. The van der Waals surface area contributed by atoms with Gasteiger partial charge in [-0.15, -0.1) is 0 Å². The number of amides is 1. The third kappa shape index (κ3) is 3.29. The van der Waals surface area contributed by atoms with Crippen molar-refractivity contribution in [3.63, 3.8) is 0 Å². The van der Waals surface area contributed by atoms with Gasteiger partial charge in [-0.05, 0) is 25.8 Å². The molecule has 0 aromatic heterocycles. The second-order valence-corrected chi connectivity index (χ2v) is 5.43. The largest absolute Gasteiger partial charge is 0.409 e. The summed E-state index contributed by atoms with van der Waals surface area (Å²) in [5, 5.41) is 12.0. The molecule has 20 heavy (non-hydrogen) atoms. The second kappa shape index (κ2) is 6.41. The fourth-order valence-electron chi connectivity index (χ4n) is 1.87. The van der Waals surface area contributed by atoms with E-state index in [0.29, 0.717) is 5.56 Å². The molecule has 110 valence electrons. The zero-order valence-electron chi connectivity index (χ0n) is 12.5. The van der Waals surface area contributed by atoms with Crippen LogP contribution in [0.2, 0.25) is 0 Å². The number of amidine groups is 1. The number of rotatable bonds is 5. The van der Waals surface area contributed by atoms with Gasteiger partial charge >= 0.3 is 0 Å². The first kappa shape index (κ1) is 16.0. The number of carbonyl (C=O) groups excluding carboxylic acids is 1. The fourth-order valence-corrected chi connectivity index (χ4v) is 1.87. The van der Waals surface area contributed by atoms with Crippen LogP contribution in [0.4, 0.5) is 0 Å². The van der Waals surface area contributed by atoms with Crippen molar-refractivity contribution in [2.75, 3.05) is 7.05 Å². The highest BCUT2D eigenvalue weighted by Gasteiger charge is 2.34.